The van der Waals surface area contributed by atoms with Crippen LogP contribution in [-0.4, -0.2) is 19.5 Å². The first-order chi connectivity index (χ1) is 10.6. The smallest absolute Gasteiger partial charge is 0.141 e. The van der Waals surface area contributed by atoms with Gasteiger partial charge in [-0.05, 0) is 37.1 Å². The molecule has 3 aromatic heterocycles. The van der Waals surface area contributed by atoms with Gasteiger partial charge in [-0.2, -0.15) is 0 Å². The number of pyridine rings is 2. The van der Waals surface area contributed by atoms with Gasteiger partial charge in [0.2, 0.25) is 0 Å². The fourth-order valence-corrected chi connectivity index (χ4v) is 2.07. The lowest BCUT2D eigenvalue weighted by Crippen LogP contribution is -1.98. The second kappa shape index (κ2) is 5.96. The number of imidazole rings is 1. The van der Waals surface area contributed by atoms with Crippen molar-refractivity contribution in [1.82, 2.24) is 19.5 Å². The summed E-state index contributed by atoms with van der Waals surface area (Å²) in [6, 6.07) is 6.39. The highest BCUT2D eigenvalue weighted by Gasteiger charge is 2.05. The number of aromatic nitrogens is 4. The molecule has 108 valence electrons. The highest BCUT2D eigenvalue weighted by atomic mass is 35.5. The van der Waals surface area contributed by atoms with E-state index in [1.807, 2.05) is 6.92 Å². The lowest BCUT2D eigenvalue weighted by molar-refractivity contribution is 0.620. The monoisotopic (exact) mass is 312 g/mol. The van der Waals surface area contributed by atoms with E-state index in [1.165, 1.54) is 12.3 Å². The first-order valence-electron chi connectivity index (χ1n) is 6.43. The van der Waals surface area contributed by atoms with Crippen molar-refractivity contribution >= 4 is 11.6 Å². The van der Waals surface area contributed by atoms with Crippen molar-refractivity contribution in [3.63, 3.8) is 0 Å². The first kappa shape index (κ1) is 14.2. The molecule has 0 saturated heterocycles. The summed E-state index contributed by atoms with van der Waals surface area (Å²) in [5.41, 5.74) is 1.35. The van der Waals surface area contributed by atoms with E-state index in [0.29, 0.717) is 16.7 Å². The van der Waals surface area contributed by atoms with Crippen LogP contribution >= 0.6 is 11.6 Å². The summed E-state index contributed by atoms with van der Waals surface area (Å²) in [6.45, 7) is 1.83. The summed E-state index contributed by atoms with van der Waals surface area (Å²) < 4.78 is 14.7. The Hall–Kier alpha value is -2.71. The normalized spacial score (nSPS) is 10.1. The van der Waals surface area contributed by atoms with Crippen molar-refractivity contribution in [1.29, 1.82) is 0 Å². The Bertz CT molecular complexity index is 875. The minimum atomic E-state index is -0.379. The van der Waals surface area contributed by atoms with E-state index in [4.69, 9.17) is 11.6 Å². The van der Waals surface area contributed by atoms with E-state index in [0.717, 1.165) is 11.4 Å². The number of rotatable bonds is 1. The molecular formula is C16H10ClFN4. The molecule has 4 nitrogen and oxygen atoms in total. The topological polar surface area (TPSA) is 43.6 Å². The van der Waals surface area contributed by atoms with Crippen LogP contribution in [0.2, 0.25) is 5.15 Å². The van der Waals surface area contributed by atoms with Gasteiger partial charge < -0.3 is 0 Å². The SMILES string of the molecule is Cc1nc(C#Cc2ccnc(Cl)c2)cn1-c1ccc(F)cn1. The van der Waals surface area contributed by atoms with E-state index in [1.54, 1.807) is 35.2 Å². The van der Waals surface area contributed by atoms with Crippen LogP contribution in [0.25, 0.3) is 5.82 Å². The third-order valence-corrected chi connectivity index (χ3v) is 3.11. The van der Waals surface area contributed by atoms with Crippen molar-refractivity contribution in [3.8, 4) is 17.7 Å². The maximum atomic E-state index is 12.9. The van der Waals surface area contributed by atoms with Gasteiger partial charge >= 0.3 is 0 Å². The molecule has 0 bridgehead atoms. The average molecular weight is 313 g/mol. The molecule has 0 radical (unpaired) electrons. The van der Waals surface area contributed by atoms with Crippen LogP contribution < -0.4 is 0 Å². The molecule has 0 aliphatic carbocycles. The number of halogens is 2. The molecule has 0 saturated carbocycles. The van der Waals surface area contributed by atoms with Crippen LogP contribution in [0.15, 0.2) is 42.9 Å². The Balaban J connectivity index is 1.91. The number of nitrogens with zero attached hydrogens (tertiary/aromatic N) is 4. The van der Waals surface area contributed by atoms with Crippen molar-refractivity contribution in [3.05, 3.63) is 70.9 Å². The molecule has 3 aromatic rings. The standard InChI is InChI=1S/C16H10ClFN4/c1-11-21-14(4-2-12-6-7-19-15(17)8-12)10-22(11)16-5-3-13(18)9-20-16/h3,5-10H,1H3. The summed E-state index contributed by atoms with van der Waals surface area (Å²) in [7, 11) is 0. The van der Waals surface area contributed by atoms with E-state index in [9.17, 15) is 4.39 Å². The predicted octanol–water partition coefficient (Wildman–Crippen LogP) is 3.16. The lowest BCUT2D eigenvalue weighted by atomic mass is 10.3. The van der Waals surface area contributed by atoms with Crippen molar-refractivity contribution in [2.75, 3.05) is 0 Å². The van der Waals surface area contributed by atoms with Crippen molar-refractivity contribution < 1.29 is 4.39 Å². The Morgan fingerprint density at radius 2 is 2.05 bits per heavy atom. The zero-order valence-corrected chi connectivity index (χ0v) is 12.3. The summed E-state index contributed by atoms with van der Waals surface area (Å²) >= 11 is 5.81. The fraction of sp³-hybridized carbons (Fsp3) is 0.0625. The minimum absolute atomic E-state index is 0.379. The maximum absolute atomic E-state index is 12.9. The van der Waals surface area contributed by atoms with Gasteiger partial charge in [-0.3, -0.25) is 4.57 Å². The molecule has 3 heterocycles. The Kier molecular flexibility index (Phi) is 3.86. The number of hydrogen-bond acceptors (Lipinski definition) is 3. The van der Waals surface area contributed by atoms with Gasteiger partial charge in [-0.25, -0.2) is 19.3 Å². The molecular weight excluding hydrogens is 303 g/mol. The molecule has 0 atom stereocenters. The van der Waals surface area contributed by atoms with E-state index < -0.39 is 0 Å². The zero-order valence-electron chi connectivity index (χ0n) is 11.6. The molecule has 0 amide bonds. The predicted molar refractivity (Wildman–Crippen MR) is 81.3 cm³/mol. The molecule has 22 heavy (non-hydrogen) atoms. The van der Waals surface area contributed by atoms with Crippen LogP contribution in [0.5, 0.6) is 0 Å². The molecule has 0 aliphatic heterocycles. The molecule has 6 heteroatoms. The van der Waals surface area contributed by atoms with Crippen LogP contribution in [0, 0.1) is 24.6 Å². The van der Waals surface area contributed by atoms with Crippen LogP contribution in [0.3, 0.4) is 0 Å². The number of aryl methyl sites for hydroxylation is 1. The van der Waals surface area contributed by atoms with Gasteiger partial charge in [0.05, 0.1) is 6.20 Å². The van der Waals surface area contributed by atoms with E-state index in [-0.39, 0.29) is 5.82 Å². The first-order valence-corrected chi connectivity index (χ1v) is 6.81. The highest BCUT2D eigenvalue weighted by Crippen LogP contribution is 2.11. The minimum Gasteiger partial charge on any atom is -0.287 e. The fourth-order valence-electron chi connectivity index (χ4n) is 1.89. The Morgan fingerprint density at radius 3 is 2.77 bits per heavy atom. The van der Waals surface area contributed by atoms with Gasteiger partial charge in [0.15, 0.2) is 0 Å². The van der Waals surface area contributed by atoms with E-state index >= 15 is 0 Å². The third-order valence-electron chi connectivity index (χ3n) is 2.90. The zero-order chi connectivity index (χ0) is 15.5. The van der Waals surface area contributed by atoms with Gasteiger partial charge in [0.1, 0.15) is 28.3 Å². The van der Waals surface area contributed by atoms with Gasteiger partial charge in [0, 0.05) is 18.0 Å². The van der Waals surface area contributed by atoms with Crippen molar-refractivity contribution in [2.24, 2.45) is 0 Å². The quantitative estimate of drug-likeness (QED) is 0.512. The lowest BCUT2D eigenvalue weighted by Gasteiger charge is -2.01. The largest absolute Gasteiger partial charge is 0.287 e. The number of hydrogen-bond donors (Lipinski definition) is 0. The molecule has 0 N–H and O–H groups in total. The molecule has 0 unspecified atom stereocenters. The molecule has 0 aliphatic rings. The second-order valence-electron chi connectivity index (χ2n) is 4.50. The van der Waals surface area contributed by atoms with Crippen LogP contribution in [0.1, 0.15) is 17.1 Å². The summed E-state index contributed by atoms with van der Waals surface area (Å²) in [5.74, 6) is 6.86. The Labute approximate surface area is 131 Å². The third kappa shape index (κ3) is 3.13. The Morgan fingerprint density at radius 1 is 1.18 bits per heavy atom. The second-order valence-corrected chi connectivity index (χ2v) is 4.88. The summed E-state index contributed by atoms with van der Waals surface area (Å²) in [4.78, 5) is 12.3. The van der Waals surface area contributed by atoms with Gasteiger partial charge in [-0.15, -0.1) is 0 Å². The van der Waals surface area contributed by atoms with Gasteiger partial charge in [-0.1, -0.05) is 17.5 Å². The van der Waals surface area contributed by atoms with Gasteiger partial charge in [0.25, 0.3) is 0 Å². The van der Waals surface area contributed by atoms with E-state index in [2.05, 4.69) is 26.8 Å². The van der Waals surface area contributed by atoms with Crippen LogP contribution in [-0.2, 0) is 0 Å². The summed E-state index contributed by atoms with van der Waals surface area (Å²) in [6.07, 6.45) is 4.52. The van der Waals surface area contributed by atoms with Crippen molar-refractivity contribution in [2.45, 2.75) is 6.92 Å². The molecule has 3 rings (SSSR count). The maximum Gasteiger partial charge on any atom is 0.141 e. The average Bonchev–Trinajstić information content (AvgIpc) is 2.87. The summed E-state index contributed by atoms with van der Waals surface area (Å²) in [5, 5.41) is 0.393. The highest BCUT2D eigenvalue weighted by molar-refractivity contribution is 6.29. The molecule has 0 fully saturated rings. The molecule has 0 aromatic carbocycles. The molecule has 0 spiro atoms. The van der Waals surface area contributed by atoms with Crippen LogP contribution in [0.4, 0.5) is 4.39 Å².